The second-order valence-electron chi connectivity index (χ2n) is 8.99. The summed E-state index contributed by atoms with van der Waals surface area (Å²) >= 11 is 6.24. The first-order valence-corrected chi connectivity index (χ1v) is 10.8. The summed E-state index contributed by atoms with van der Waals surface area (Å²) in [5, 5.41) is 30.1. The van der Waals surface area contributed by atoms with Crippen molar-refractivity contribution in [1.82, 2.24) is 20.0 Å². The number of likely N-dealkylation sites (tertiary alicyclic amines) is 1. The van der Waals surface area contributed by atoms with E-state index in [-0.39, 0.29) is 24.1 Å². The van der Waals surface area contributed by atoms with E-state index in [0.717, 1.165) is 42.1 Å². The van der Waals surface area contributed by atoms with E-state index in [2.05, 4.69) is 17.3 Å². The number of rotatable bonds is 2. The van der Waals surface area contributed by atoms with Gasteiger partial charge in [0.15, 0.2) is 0 Å². The number of aliphatic hydroxyl groups excluding tert-OH is 2. The van der Waals surface area contributed by atoms with Crippen LogP contribution in [0.4, 0.5) is 4.79 Å². The zero-order chi connectivity index (χ0) is 20.3. The molecule has 2 aliphatic heterocycles. The van der Waals surface area contributed by atoms with Crippen LogP contribution in [0, 0.1) is 5.92 Å². The summed E-state index contributed by atoms with van der Waals surface area (Å²) in [6, 6.07) is 3.75. The molecule has 1 aliphatic carbocycles. The highest BCUT2D eigenvalue weighted by Crippen LogP contribution is 2.51. The minimum absolute atomic E-state index is 0.0452. The van der Waals surface area contributed by atoms with Crippen molar-refractivity contribution in [1.29, 1.82) is 0 Å². The van der Waals surface area contributed by atoms with E-state index in [9.17, 15) is 15.0 Å². The molecule has 2 fully saturated rings. The van der Waals surface area contributed by atoms with E-state index >= 15 is 0 Å². The number of benzene rings is 1. The quantitative estimate of drug-likeness (QED) is 0.699. The molecule has 5 rings (SSSR count). The lowest BCUT2D eigenvalue weighted by Gasteiger charge is -2.43. The van der Waals surface area contributed by atoms with Crippen LogP contribution in [-0.2, 0) is 5.54 Å². The van der Waals surface area contributed by atoms with Crippen molar-refractivity contribution < 1.29 is 15.0 Å². The average molecular weight is 419 g/mol. The van der Waals surface area contributed by atoms with Gasteiger partial charge in [-0.2, -0.15) is 5.10 Å². The molecule has 3 aliphatic rings. The highest BCUT2D eigenvalue weighted by atomic mass is 35.5. The highest BCUT2D eigenvalue weighted by Gasteiger charge is 2.50. The number of amides is 2. The summed E-state index contributed by atoms with van der Waals surface area (Å²) in [6.07, 6.45) is 4.69. The standard InChI is InChI=1S/C21H27ClN4O3/c1-21(19(28)17-9-14(22)8-12-11-23-26(21)18(12)17)13-4-6-25(7-5-13)20(29)24-15-2-3-16(27)10-15/h8-9,11,13,15-16,19,27-28H,2-7,10H2,1H3,(H,24,29)/t15-,16-,19-,21?/m1/s1. The molecule has 4 atom stereocenters. The van der Waals surface area contributed by atoms with E-state index in [1.54, 1.807) is 0 Å². The molecular formula is C21H27ClN4O3. The Hall–Kier alpha value is -1.83. The molecule has 3 N–H and O–H groups in total. The number of halogens is 1. The number of carbonyl (C=O) groups is 1. The second kappa shape index (κ2) is 6.86. The first-order chi connectivity index (χ1) is 13.9. The fourth-order valence-corrected chi connectivity index (χ4v) is 5.82. The van der Waals surface area contributed by atoms with Crippen molar-refractivity contribution in [2.45, 2.75) is 62.8 Å². The molecule has 29 heavy (non-hydrogen) atoms. The van der Waals surface area contributed by atoms with Crippen molar-refractivity contribution in [3.8, 4) is 0 Å². The highest BCUT2D eigenvalue weighted by molar-refractivity contribution is 6.31. The Morgan fingerprint density at radius 3 is 2.69 bits per heavy atom. The Bertz CT molecular complexity index is 955. The van der Waals surface area contributed by atoms with Gasteiger partial charge in [-0.3, -0.25) is 4.68 Å². The summed E-state index contributed by atoms with van der Waals surface area (Å²) in [5.74, 6) is 0.198. The monoisotopic (exact) mass is 418 g/mol. The van der Waals surface area contributed by atoms with Crippen molar-refractivity contribution in [2.24, 2.45) is 5.92 Å². The maximum absolute atomic E-state index is 12.6. The predicted octanol–water partition coefficient (Wildman–Crippen LogP) is 2.79. The third kappa shape index (κ3) is 2.94. The van der Waals surface area contributed by atoms with Crippen molar-refractivity contribution in [3.05, 3.63) is 28.9 Å². The molecule has 2 aromatic rings. The van der Waals surface area contributed by atoms with Gasteiger partial charge in [0.1, 0.15) is 6.10 Å². The molecule has 0 spiro atoms. The van der Waals surface area contributed by atoms with E-state index in [0.29, 0.717) is 24.5 Å². The van der Waals surface area contributed by atoms with Gasteiger partial charge in [0.25, 0.3) is 0 Å². The molecule has 3 heterocycles. The fraction of sp³-hybridized carbons (Fsp3) is 0.619. The maximum Gasteiger partial charge on any atom is 0.317 e. The van der Waals surface area contributed by atoms with E-state index < -0.39 is 11.6 Å². The third-order valence-corrected chi connectivity index (χ3v) is 7.52. The summed E-state index contributed by atoms with van der Waals surface area (Å²) in [5.41, 5.74) is 1.25. The molecule has 1 unspecified atom stereocenters. The molecule has 156 valence electrons. The number of aromatic nitrogens is 2. The maximum atomic E-state index is 12.6. The SMILES string of the molecule is CC1(C2CCN(C(=O)N[C@@H]3CC[C@@H](O)C3)CC2)[C@H](O)c2cc(Cl)cc3cnn1c23. The molecular weight excluding hydrogens is 392 g/mol. The number of nitrogens with one attached hydrogen (secondary N) is 1. The lowest BCUT2D eigenvalue weighted by Crippen LogP contribution is -2.51. The smallest absolute Gasteiger partial charge is 0.317 e. The Labute approximate surface area is 174 Å². The molecule has 2 amide bonds. The Kier molecular flexibility index (Phi) is 4.53. The average Bonchev–Trinajstić information content (AvgIpc) is 3.37. The van der Waals surface area contributed by atoms with E-state index in [4.69, 9.17) is 11.6 Å². The molecule has 0 radical (unpaired) electrons. The number of hydrogen-bond acceptors (Lipinski definition) is 4. The van der Waals surface area contributed by atoms with E-state index in [1.165, 1.54) is 0 Å². The minimum Gasteiger partial charge on any atom is -0.393 e. The van der Waals surface area contributed by atoms with Crippen LogP contribution in [0.3, 0.4) is 0 Å². The molecule has 0 bridgehead atoms. The summed E-state index contributed by atoms with van der Waals surface area (Å²) in [6.45, 7) is 3.36. The zero-order valence-electron chi connectivity index (χ0n) is 16.5. The lowest BCUT2D eigenvalue weighted by molar-refractivity contribution is -0.0117. The van der Waals surface area contributed by atoms with Gasteiger partial charge < -0.3 is 20.4 Å². The van der Waals surface area contributed by atoms with Gasteiger partial charge in [0.05, 0.1) is 23.4 Å². The molecule has 1 aromatic heterocycles. The zero-order valence-corrected chi connectivity index (χ0v) is 17.3. The van der Waals surface area contributed by atoms with Crippen LogP contribution in [0.15, 0.2) is 18.3 Å². The van der Waals surface area contributed by atoms with Crippen LogP contribution in [0.1, 0.15) is 50.7 Å². The number of carbonyl (C=O) groups excluding carboxylic acids is 1. The van der Waals surface area contributed by atoms with Gasteiger partial charge in [-0.25, -0.2) is 4.79 Å². The van der Waals surface area contributed by atoms with Crippen LogP contribution >= 0.6 is 11.6 Å². The van der Waals surface area contributed by atoms with Crippen LogP contribution in [0.2, 0.25) is 5.02 Å². The van der Waals surface area contributed by atoms with Crippen LogP contribution in [-0.4, -0.2) is 56.2 Å². The minimum atomic E-state index is -0.669. The predicted molar refractivity (Wildman–Crippen MR) is 110 cm³/mol. The fourth-order valence-electron chi connectivity index (χ4n) is 5.59. The van der Waals surface area contributed by atoms with Crippen molar-refractivity contribution in [3.63, 3.8) is 0 Å². The number of urea groups is 1. The topological polar surface area (TPSA) is 90.6 Å². The Balaban J connectivity index is 1.30. The van der Waals surface area contributed by atoms with Crippen molar-refractivity contribution >= 4 is 28.5 Å². The Morgan fingerprint density at radius 1 is 1.24 bits per heavy atom. The Morgan fingerprint density at radius 2 is 2.00 bits per heavy atom. The molecule has 1 aromatic carbocycles. The molecule has 7 nitrogen and oxygen atoms in total. The van der Waals surface area contributed by atoms with Gasteiger partial charge in [-0.05, 0) is 57.1 Å². The molecule has 1 saturated carbocycles. The van der Waals surface area contributed by atoms with Crippen LogP contribution < -0.4 is 5.32 Å². The van der Waals surface area contributed by atoms with Gasteiger partial charge in [0, 0.05) is 35.1 Å². The number of piperidine rings is 1. The summed E-state index contributed by atoms with van der Waals surface area (Å²) in [4.78, 5) is 14.5. The molecule has 8 heteroatoms. The van der Waals surface area contributed by atoms with Gasteiger partial charge in [0.2, 0.25) is 0 Å². The first kappa shape index (κ1) is 19.2. The third-order valence-electron chi connectivity index (χ3n) is 7.30. The lowest BCUT2D eigenvalue weighted by atomic mass is 9.75. The number of nitrogens with zero attached hydrogens (tertiary/aromatic N) is 3. The van der Waals surface area contributed by atoms with Gasteiger partial charge in [-0.15, -0.1) is 0 Å². The number of hydrogen-bond donors (Lipinski definition) is 3. The first-order valence-electron chi connectivity index (χ1n) is 10.5. The summed E-state index contributed by atoms with van der Waals surface area (Å²) in [7, 11) is 0. The number of aliphatic hydroxyl groups is 2. The van der Waals surface area contributed by atoms with Crippen molar-refractivity contribution in [2.75, 3.05) is 13.1 Å². The normalized spacial score (nSPS) is 32.3. The van der Waals surface area contributed by atoms with Crippen LogP contribution in [0.25, 0.3) is 10.9 Å². The second-order valence-corrected chi connectivity index (χ2v) is 9.43. The van der Waals surface area contributed by atoms with E-state index in [1.807, 2.05) is 27.9 Å². The van der Waals surface area contributed by atoms with Gasteiger partial charge in [-0.1, -0.05) is 11.6 Å². The van der Waals surface area contributed by atoms with Gasteiger partial charge >= 0.3 is 6.03 Å². The van der Waals surface area contributed by atoms with Crippen LogP contribution in [0.5, 0.6) is 0 Å². The summed E-state index contributed by atoms with van der Waals surface area (Å²) < 4.78 is 1.97. The largest absolute Gasteiger partial charge is 0.393 e. The molecule has 1 saturated heterocycles.